The molecule has 1 aromatic heterocycles. The summed E-state index contributed by atoms with van der Waals surface area (Å²) < 4.78 is 5.11. The molecule has 2 amide bonds. The Bertz CT molecular complexity index is 979. The highest BCUT2D eigenvalue weighted by Crippen LogP contribution is 2.18. The van der Waals surface area contributed by atoms with Crippen LogP contribution >= 0.6 is 0 Å². The Hall–Kier alpha value is -4.07. The van der Waals surface area contributed by atoms with Gasteiger partial charge in [-0.3, -0.25) is 9.78 Å². The Morgan fingerprint density at radius 3 is 2.33 bits per heavy atom. The van der Waals surface area contributed by atoms with Crippen LogP contribution < -0.4 is 10.6 Å². The van der Waals surface area contributed by atoms with Crippen LogP contribution in [-0.4, -0.2) is 23.5 Å². The number of pyridine rings is 1. The summed E-state index contributed by atoms with van der Waals surface area (Å²) in [6, 6.07) is 18.3. The lowest BCUT2D eigenvalue weighted by Crippen LogP contribution is -2.28. The average molecular weight is 404 g/mol. The standard InChI is InChI=1S/C22H20N4O4/c27-21(25-19-10-12-23-13-11-19)18-8-6-17(7-9-18)20(26-29)14-24-22(28)30-15-16-4-2-1-3-5-16/h1-13,20H,14-15H2,(H,24,28)(H,23,25,27). The van der Waals surface area contributed by atoms with Crippen molar-refractivity contribution in [3.8, 4) is 0 Å². The molecule has 3 aromatic rings. The van der Waals surface area contributed by atoms with Crippen molar-refractivity contribution in [2.45, 2.75) is 12.6 Å². The molecule has 1 unspecified atom stereocenters. The predicted molar refractivity (Wildman–Crippen MR) is 112 cm³/mol. The van der Waals surface area contributed by atoms with Crippen LogP contribution in [0.25, 0.3) is 0 Å². The maximum absolute atomic E-state index is 12.3. The van der Waals surface area contributed by atoms with E-state index in [1.54, 1.807) is 48.8 Å². The van der Waals surface area contributed by atoms with Crippen LogP contribution in [0, 0.1) is 4.91 Å². The molecular weight excluding hydrogens is 384 g/mol. The van der Waals surface area contributed by atoms with Gasteiger partial charge in [0.15, 0.2) is 0 Å². The number of benzene rings is 2. The quantitative estimate of drug-likeness (QED) is 0.550. The highest BCUT2D eigenvalue weighted by atomic mass is 16.5. The van der Waals surface area contributed by atoms with E-state index in [1.165, 1.54) is 0 Å². The number of alkyl carbamates (subject to hydrolysis) is 1. The highest BCUT2D eigenvalue weighted by molar-refractivity contribution is 6.04. The van der Waals surface area contributed by atoms with E-state index in [-0.39, 0.29) is 19.1 Å². The number of nitroso groups, excluding NO2 is 1. The molecular formula is C22H20N4O4. The summed E-state index contributed by atoms with van der Waals surface area (Å²) in [6.07, 6.45) is 2.52. The maximum atomic E-state index is 12.3. The molecule has 8 heteroatoms. The predicted octanol–water partition coefficient (Wildman–Crippen LogP) is 4.07. The molecule has 0 fully saturated rings. The van der Waals surface area contributed by atoms with Crippen LogP contribution in [0.3, 0.4) is 0 Å². The summed E-state index contributed by atoms with van der Waals surface area (Å²) in [5.74, 6) is -0.286. The van der Waals surface area contributed by atoms with Crippen molar-refractivity contribution in [2.24, 2.45) is 5.18 Å². The van der Waals surface area contributed by atoms with Gasteiger partial charge in [0.1, 0.15) is 12.6 Å². The Kier molecular flexibility index (Phi) is 7.21. The first-order valence-corrected chi connectivity index (χ1v) is 9.24. The Balaban J connectivity index is 1.51. The number of nitrogens with one attached hydrogen (secondary N) is 2. The fourth-order valence-corrected chi connectivity index (χ4v) is 2.67. The van der Waals surface area contributed by atoms with Gasteiger partial charge in [-0.25, -0.2) is 4.79 Å². The summed E-state index contributed by atoms with van der Waals surface area (Å²) in [6.45, 7) is 0.118. The molecule has 2 aromatic carbocycles. The van der Waals surface area contributed by atoms with Crippen molar-refractivity contribution >= 4 is 17.7 Å². The van der Waals surface area contributed by atoms with Gasteiger partial charge in [0.2, 0.25) is 0 Å². The van der Waals surface area contributed by atoms with Crippen LogP contribution in [0.15, 0.2) is 84.3 Å². The van der Waals surface area contributed by atoms with Crippen molar-refractivity contribution in [1.82, 2.24) is 10.3 Å². The number of amides is 2. The summed E-state index contributed by atoms with van der Waals surface area (Å²) >= 11 is 0. The number of anilines is 1. The molecule has 1 heterocycles. The first-order valence-electron chi connectivity index (χ1n) is 9.24. The number of hydrogen-bond acceptors (Lipinski definition) is 6. The van der Waals surface area contributed by atoms with Gasteiger partial charge in [-0.1, -0.05) is 47.6 Å². The summed E-state index contributed by atoms with van der Waals surface area (Å²) in [5, 5.41) is 8.35. The van der Waals surface area contributed by atoms with Crippen LogP contribution in [0.4, 0.5) is 10.5 Å². The second-order valence-electron chi connectivity index (χ2n) is 6.38. The number of hydrogen-bond donors (Lipinski definition) is 2. The molecule has 1 atom stereocenters. The minimum Gasteiger partial charge on any atom is -0.445 e. The van der Waals surface area contributed by atoms with E-state index in [9.17, 15) is 14.5 Å². The fourth-order valence-electron chi connectivity index (χ4n) is 2.67. The van der Waals surface area contributed by atoms with Crippen LogP contribution in [0.1, 0.15) is 27.5 Å². The van der Waals surface area contributed by atoms with Crippen molar-refractivity contribution in [1.29, 1.82) is 0 Å². The van der Waals surface area contributed by atoms with Gasteiger partial charge in [-0.05, 0) is 35.4 Å². The van der Waals surface area contributed by atoms with Crippen LogP contribution in [0.5, 0.6) is 0 Å². The van der Waals surface area contributed by atoms with Gasteiger partial charge in [-0.15, -0.1) is 0 Å². The van der Waals surface area contributed by atoms with E-state index in [0.29, 0.717) is 16.8 Å². The van der Waals surface area contributed by atoms with E-state index < -0.39 is 12.1 Å². The van der Waals surface area contributed by atoms with Gasteiger partial charge in [0.25, 0.3) is 5.91 Å². The number of carbonyl (C=O) groups is 2. The molecule has 0 radical (unpaired) electrons. The minimum atomic E-state index is -0.799. The molecule has 8 nitrogen and oxygen atoms in total. The Morgan fingerprint density at radius 1 is 0.967 bits per heavy atom. The average Bonchev–Trinajstić information content (AvgIpc) is 2.80. The third kappa shape index (κ3) is 5.96. The number of ether oxygens (including phenoxy) is 1. The largest absolute Gasteiger partial charge is 0.445 e. The second kappa shape index (κ2) is 10.5. The molecule has 0 saturated heterocycles. The first kappa shape index (κ1) is 20.7. The molecule has 3 rings (SSSR count). The zero-order valence-corrected chi connectivity index (χ0v) is 16.0. The van der Waals surface area contributed by atoms with Gasteiger partial charge >= 0.3 is 6.09 Å². The molecule has 0 aliphatic rings. The molecule has 30 heavy (non-hydrogen) atoms. The lowest BCUT2D eigenvalue weighted by molar-refractivity contribution is 0.102. The number of carbonyl (C=O) groups excluding carboxylic acids is 2. The molecule has 0 bridgehead atoms. The molecule has 152 valence electrons. The molecule has 2 N–H and O–H groups in total. The van der Waals surface area contributed by atoms with E-state index in [2.05, 4.69) is 20.8 Å². The monoisotopic (exact) mass is 404 g/mol. The third-order valence-electron chi connectivity index (χ3n) is 4.28. The molecule has 0 aliphatic heterocycles. The van der Waals surface area contributed by atoms with E-state index in [4.69, 9.17) is 4.74 Å². The zero-order valence-electron chi connectivity index (χ0n) is 16.0. The molecule has 0 aliphatic carbocycles. The topological polar surface area (TPSA) is 110 Å². The van der Waals surface area contributed by atoms with Crippen LogP contribution in [0.2, 0.25) is 0 Å². The number of rotatable bonds is 8. The lowest BCUT2D eigenvalue weighted by atomic mass is 10.0. The summed E-state index contributed by atoms with van der Waals surface area (Å²) in [7, 11) is 0. The maximum Gasteiger partial charge on any atom is 0.407 e. The van der Waals surface area contributed by atoms with Gasteiger partial charge in [0, 0.05) is 23.6 Å². The van der Waals surface area contributed by atoms with Crippen molar-refractivity contribution in [2.75, 3.05) is 11.9 Å². The smallest absolute Gasteiger partial charge is 0.407 e. The summed E-state index contributed by atoms with van der Waals surface area (Å²) in [4.78, 5) is 39.3. The number of nitrogens with zero attached hydrogens (tertiary/aromatic N) is 2. The number of aromatic nitrogens is 1. The Labute approximate surface area is 173 Å². The Morgan fingerprint density at radius 2 is 1.67 bits per heavy atom. The fraction of sp³-hybridized carbons (Fsp3) is 0.136. The van der Waals surface area contributed by atoms with E-state index >= 15 is 0 Å². The summed E-state index contributed by atoms with van der Waals surface area (Å²) in [5.41, 5.74) is 2.49. The van der Waals surface area contributed by atoms with Crippen LogP contribution in [-0.2, 0) is 11.3 Å². The van der Waals surface area contributed by atoms with Gasteiger partial charge < -0.3 is 15.4 Å². The lowest BCUT2D eigenvalue weighted by Gasteiger charge is -2.12. The van der Waals surface area contributed by atoms with Crippen molar-refractivity contribution in [3.63, 3.8) is 0 Å². The molecule has 0 spiro atoms. The highest BCUT2D eigenvalue weighted by Gasteiger charge is 2.15. The van der Waals surface area contributed by atoms with Crippen molar-refractivity contribution < 1.29 is 14.3 Å². The van der Waals surface area contributed by atoms with E-state index in [0.717, 1.165) is 5.56 Å². The van der Waals surface area contributed by atoms with Crippen molar-refractivity contribution in [3.05, 3.63) is 101 Å². The van der Waals surface area contributed by atoms with Gasteiger partial charge in [0.05, 0.1) is 6.54 Å². The molecule has 0 saturated carbocycles. The van der Waals surface area contributed by atoms with Gasteiger partial charge in [-0.2, -0.15) is 4.91 Å². The zero-order chi connectivity index (χ0) is 21.2. The SMILES string of the molecule is O=NC(CNC(=O)OCc1ccccc1)c1ccc(C(=O)Nc2ccncc2)cc1. The van der Waals surface area contributed by atoms with E-state index in [1.807, 2.05) is 30.3 Å². The second-order valence-corrected chi connectivity index (χ2v) is 6.38. The first-order chi connectivity index (χ1) is 14.7. The minimum absolute atomic E-state index is 0.0142. The normalized spacial score (nSPS) is 11.2. The third-order valence-corrected chi connectivity index (χ3v) is 4.28.